The summed E-state index contributed by atoms with van der Waals surface area (Å²) in [5.41, 5.74) is 2.22. The van der Waals surface area contributed by atoms with Gasteiger partial charge in [0.25, 0.3) is 0 Å². The van der Waals surface area contributed by atoms with Crippen LogP contribution in [0.15, 0.2) is 24.3 Å². The lowest BCUT2D eigenvalue weighted by atomic mass is 10.0. The Kier molecular flexibility index (Phi) is 4.47. The second-order valence-electron chi connectivity index (χ2n) is 5.27. The van der Waals surface area contributed by atoms with Gasteiger partial charge in [-0.15, -0.1) is 0 Å². The average Bonchev–Trinajstić information content (AvgIpc) is 2.92. The number of hydrogen-bond donors (Lipinski definition) is 2. The molecule has 1 unspecified atom stereocenters. The highest BCUT2D eigenvalue weighted by atomic mass is 32.2. The van der Waals surface area contributed by atoms with E-state index in [0.29, 0.717) is 6.54 Å². The molecule has 0 spiro atoms. The van der Waals surface area contributed by atoms with Crippen molar-refractivity contribution in [2.24, 2.45) is 0 Å². The Hall–Kier alpha value is -1.20. The summed E-state index contributed by atoms with van der Waals surface area (Å²) in [6.45, 7) is 4.73. The molecule has 0 bridgehead atoms. The summed E-state index contributed by atoms with van der Waals surface area (Å²) in [4.78, 5) is 14.7. The number of anilines is 1. The molecule has 1 atom stereocenters. The lowest BCUT2D eigenvalue weighted by Gasteiger charge is -2.26. The van der Waals surface area contributed by atoms with Gasteiger partial charge in [0.05, 0.1) is 5.92 Å². The average molecular weight is 291 g/mol. The number of thioether (sulfide) groups is 1. The molecule has 0 saturated carbocycles. The van der Waals surface area contributed by atoms with E-state index in [2.05, 4.69) is 15.5 Å². The minimum atomic E-state index is -0.0388. The number of carbonyl (C=O) groups is 1. The molecule has 4 nitrogen and oxygen atoms in total. The first kappa shape index (κ1) is 13.8. The quantitative estimate of drug-likeness (QED) is 0.879. The Morgan fingerprint density at radius 3 is 3.00 bits per heavy atom. The van der Waals surface area contributed by atoms with E-state index in [4.69, 9.17) is 0 Å². The summed E-state index contributed by atoms with van der Waals surface area (Å²) in [5, 5.41) is 6.38. The largest absolute Gasteiger partial charge is 0.384 e. The van der Waals surface area contributed by atoms with Gasteiger partial charge in [-0.2, -0.15) is 11.8 Å². The molecule has 5 heteroatoms. The monoisotopic (exact) mass is 291 g/mol. The zero-order chi connectivity index (χ0) is 13.8. The third-order valence-corrected chi connectivity index (χ3v) is 4.92. The Balaban J connectivity index is 1.48. The first-order chi connectivity index (χ1) is 9.84. The smallest absolute Gasteiger partial charge is 0.229 e. The molecule has 1 saturated heterocycles. The van der Waals surface area contributed by atoms with Crippen molar-refractivity contribution in [3.63, 3.8) is 0 Å². The first-order valence-corrected chi connectivity index (χ1v) is 8.40. The van der Waals surface area contributed by atoms with E-state index < -0.39 is 0 Å². The summed E-state index contributed by atoms with van der Waals surface area (Å²) in [6, 6.07) is 8.08. The van der Waals surface area contributed by atoms with Crippen LogP contribution in [0.4, 0.5) is 5.69 Å². The number of rotatable bonds is 4. The van der Waals surface area contributed by atoms with Crippen molar-refractivity contribution in [2.75, 3.05) is 49.5 Å². The maximum atomic E-state index is 12.3. The normalized spacial score (nSPS) is 22.1. The molecule has 0 aliphatic carbocycles. The van der Waals surface area contributed by atoms with Crippen LogP contribution in [0.25, 0.3) is 0 Å². The van der Waals surface area contributed by atoms with Crippen LogP contribution in [0.3, 0.4) is 0 Å². The number of para-hydroxylation sites is 1. The van der Waals surface area contributed by atoms with E-state index in [1.54, 1.807) is 0 Å². The Morgan fingerprint density at radius 1 is 1.35 bits per heavy atom. The molecular weight excluding hydrogens is 270 g/mol. The highest BCUT2D eigenvalue weighted by molar-refractivity contribution is 7.99. The second kappa shape index (κ2) is 6.50. The number of carbonyl (C=O) groups excluding carboxylic acids is 1. The van der Waals surface area contributed by atoms with Gasteiger partial charge in [0, 0.05) is 49.9 Å². The van der Waals surface area contributed by atoms with E-state index in [9.17, 15) is 4.79 Å². The van der Waals surface area contributed by atoms with Crippen LogP contribution in [-0.2, 0) is 4.79 Å². The molecule has 2 aliphatic heterocycles. The molecule has 20 heavy (non-hydrogen) atoms. The van der Waals surface area contributed by atoms with E-state index in [0.717, 1.165) is 37.4 Å². The van der Waals surface area contributed by atoms with Crippen LogP contribution in [0.2, 0.25) is 0 Å². The molecule has 0 radical (unpaired) electrons. The Labute approximate surface area is 124 Å². The zero-order valence-corrected chi connectivity index (χ0v) is 12.4. The predicted octanol–water partition coefficient (Wildman–Crippen LogP) is 1.36. The summed E-state index contributed by atoms with van der Waals surface area (Å²) in [5.74, 6) is 2.54. The SMILES string of the molecule is O=C(NCCN1CCSCC1)C1CNc2ccccc21. The van der Waals surface area contributed by atoms with Gasteiger partial charge >= 0.3 is 0 Å². The fourth-order valence-electron chi connectivity index (χ4n) is 2.80. The third kappa shape index (κ3) is 3.10. The number of nitrogens with zero attached hydrogens (tertiary/aromatic N) is 1. The van der Waals surface area contributed by atoms with Gasteiger partial charge in [0.1, 0.15) is 0 Å². The van der Waals surface area contributed by atoms with Crippen molar-refractivity contribution in [1.82, 2.24) is 10.2 Å². The second-order valence-corrected chi connectivity index (χ2v) is 6.49. The number of hydrogen-bond acceptors (Lipinski definition) is 4. The predicted molar refractivity (Wildman–Crippen MR) is 84.4 cm³/mol. The van der Waals surface area contributed by atoms with Crippen molar-refractivity contribution in [2.45, 2.75) is 5.92 Å². The van der Waals surface area contributed by atoms with Crippen LogP contribution in [0.1, 0.15) is 11.5 Å². The van der Waals surface area contributed by atoms with Crippen molar-refractivity contribution < 1.29 is 4.79 Å². The van der Waals surface area contributed by atoms with Gasteiger partial charge in [-0.05, 0) is 11.6 Å². The number of nitrogens with one attached hydrogen (secondary N) is 2. The maximum absolute atomic E-state index is 12.3. The van der Waals surface area contributed by atoms with Gasteiger partial charge in [0.15, 0.2) is 0 Å². The fraction of sp³-hybridized carbons (Fsp3) is 0.533. The zero-order valence-electron chi connectivity index (χ0n) is 11.6. The van der Waals surface area contributed by atoms with Gasteiger partial charge in [0.2, 0.25) is 5.91 Å². The molecule has 3 rings (SSSR count). The molecule has 1 aromatic carbocycles. The molecule has 1 fully saturated rings. The lowest BCUT2D eigenvalue weighted by molar-refractivity contribution is -0.122. The Bertz CT molecular complexity index is 474. The first-order valence-electron chi connectivity index (χ1n) is 7.25. The number of amides is 1. The summed E-state index contributed by atoms with van der Waals surface area (Å²) < 4.78 is 0. The summed E-state index contributed by atoms with van der Waals surface area (Å²) in [7, 11) is 0. The van der Waals surface area contributed by atoms with Crippen LogP contribution in [0.5, 0.6) is 0 Å². The van der Waals surface area contributed by atoms with Crippen molar-refractivity contribution in [1.29, 1.82) is 0 Å². The molecule has 2 N–H and O–H groups in total. The Morgan fingerprint density at radius 2 is 2.15 bits per heavy atom. The lowest BCUT2D eigenvalue weighted by Crippen LogP contribution is -2.40. The van der Waals surface area contributed by atoms with E-state index in [1.807, 2.05) is 36.0 Å². The minimum Gasteiger partial charge on any atom is -0.384 e. The van der Waals surface area contributed by atoms with Crippen LogP contribution < -0.4 is 10.6 Å². The molecule has 108 valence electrons. The molecule has 0 aromatic heterocycles. The molecule has 2 heterocycles. The minimum absolute atomic E-state index is 0.0388. The molecule has 1 aromatic rings. The van der Waals surface area contributed by atoms with Crippen molar-refractivity contribution in [3.05, 3.63) is 29.8 Å². The van der Waals surface area contributed by atoms with Crippen LogP contribution >= 0.6 is 11.8 Å². The molecule has 2 aliphatic rings. The summed E-state index contributed by atoms with van der Waals surface area (Å²) in [6.07, 6.45) is 0. The van der Waals surface area contributed by atoms with Gasteiger partial charge in [-0.1, -0.05) is 18.2 Å². The van der Waals surface area contributed by atoms with E-state index in [1.165, 1.54) is 11.5 Å². The van der Waals surface area contributed by atoms with Gasteiger partial charge in [-0.3, -0.25) is 9.69 Å². The van der Waals surface area contributed by atoms with Crippen molar-refractivity contribution >= 4 is 23.4 Å². The molecular formula is C15H21N3OS. The highest BCUT2D eigenvalue weighted by Gasteiger charge is 2.27. The van der Waals surface area contributed by atoms with Gasteiger partial charge in [-0.25, -0.2) is 0 Å². The number of fused-ring (bicyclic) bond motifs is 1. The van der Waals surface area contributed by atoms with E-state index in [-0.39, 0.29) is 11.8 Å². The highest BCUT2D eigenvalue weighted by Crippen LogP contribution is 2.30. The number of benzene rings is 1. The molecule has 1 amide bonds. The fourth-order valence-corrected chi connectivity index (χ4v) is 3.78. The van der Waals surface area contributed by atoms with Gasteiger partial charge < -0.3 is 10.6 Å². The van der Waals surface area contributed by atoms with Crippen molar-refractivity contribution in [3.8, 4) is 0 Å². The van der Waals surface area contributed by atoms with Crippen LogP contribution in [0, 0.1) is 0 Å². The van der Waals surface area contributed by atoms with Crippen LogP contribution in [-0.4, -0.2) is 55.0 Å². The maximum Gasteiger partial charge on any atom is 0.229 e. The van der Waals surface area contributed by atoms with E-state index >= 15 is 0 Å². The standard InChI is InChI=1S/C15H21N3OS/c19-15(16-5-6-18-7-9-20-10-8-18)13-11-17-14-4-2-1-3-12(13)14/h1-4,13,17H,5-11H2,(H,16,19). The summed E-state index contributed by atoms with van der Waals surface area (Å²) >= 11 is 2.01. The topological polar surface area (TPSA) is 44.4 Å². The third-order valence-electron chi connectivity index (χ3n) is 3.98.